The maximum atomic E-state index is 12.4. The minimum absolute atomic E-state index is 0.161. The molecule has 0 saturated heterocycles. The Morgan fingerprint density at radius 1 is 1.00 bits per heavy atom. The molecule has 2 N–H and O–H groups in total. The molecular weight excluding hydrogens is 378 g/mol. The number of anilines is 2. The van der Waals surface area contributed by atoms with Crippen LogP contribution >= 0.6 is 15.9 Å². The highest BCUT2D eigenvalue weighted by atomic mass is 79.9. The molecule has 0 radical (unpaired) electrons. The molecule has 0 aliphatic heterocycles. The van der Waals surface area contributed by atoms with Crippen LogP contribution < -0.4 is 10.6 Å². The first kappa shape index (κ1) is 17.2. The van der Waals surface area contributed by atoms with E-state index in [1.807, 2.05) is 42.5 Å². The number of hydrogen-bond acceptors (Lipinski definition) is 3. The SMILES string of the molecule is O=C(Nc1cccc(Br)c1)c1ccnc(NCCc2ccccc2)c1. The van der Waals surface area contributed by atoms with Crippen LogP contribution in [0.5, 0.6) is 0 Å². The van der Waals surface area contributed by atoms with Crippen LogP contribution in [0.1, 0.15) is 15.9 Å². The molecule has 0 unspecified atom stereocenters. The van der Waals surface area contributed by atoms with Crippen molar-refractivity contribution in [2.45, 2.75) is 6.42 Å². The number of benzene rings is 2. The summed E-state index contributed by atoms with van der Waals surface area (Å²) in [6, 6.07) is 21.2. The van der Waals surface area contributed by atoms with E-state index in [0.29, 0.717) is 11.4 Å². The fourth-order valence-corrected chi connectivity index (χ4v) is 2.82. The minimum atomic E-state index is -0.161. The van der Waals surface area contributed by atoms with E-state index in [1.165, 1.54) is 5.56 Å². The number of nitrogens with zero attached hydrogens (tertiary/aromatic N) is 1. The van der Waals surface area contributed by atoms with Crippen LogP contribution in [0.4, 0.5) is 11.5 Å². The zero-order valence-corrected chi connectivity index (χ0v) is 15.2. The van der Waals surface area contributed by atoms with Crippen molar-refractivity contribution in [2.75, 3.05) is 17.2 Å². The summed E-state index contributed by atoms with van der Waals surface area (Å²) in [7, 11) is 0. The van der Waals surface area contributed by atoms with Gasteiger partial charge in [-0.05, 0) is 42.3 Å². The van der Waals surface area contributed by atoms with Crippen LogP contribution in [0.25, 0.3) is 0 Å². The predicted molar refractivity (Wildman–Crippen MR) is 105 cm³/mol. The van der Waals surface area contributed by atoms with Crippen molar-refractivity contribution in [3.8, 4) is 0 Å². The maximum Gasteiger partial charge on any atom is 0.255 e. The highest BCUT2D eigenvalue weighted by Gasteiger charge is 2.07. The van der Waals surface area contributed by atoms with E-state index in [4.69, 9.17) is 0 Å². The number of rotatable bonds is 6. The molecule has 126 valence electrons. The van der Waals surface area contributed by atoms with Gasteiger partial charge in [-0.2, -0.15) is 0 Å². The Bertz CT molecular complexity index is 852. The second kappa shape index (κ2) is 8.44. The third kappa shape index (κ3) is 5.16. The summed E-state index contributed by atoms with van der Waals surface area (Å²) in [5.74, 6) is 0.532. The lowest BCUT2D eigenvalue weighted by Crippen LogP contribution is -2.13. The van der Waals surface area contributed by atoms with Gasteiger partial charge in [-0.3, -0.25) is 4.79 Å². The van der Waals surface area contributed by atoms with Crippen molar-refractivity contribution >= 4 is 33.3 Å². The fraction of sp³-hybridized carbons (Fsp3) is 0.100. The molecule has 0 aliphatic carbocycles. The number of aromatic nitrogens is 1. The average Bonchev–Trinajstić information content (AvgIpc) is 2.63. The zero-order chi connectivity index (χ0) is 17.5. The van der Waals surface area contributed by atoms with Crippen molar-refractivity contribution in [3.05, 3.63) is 88.5 Å². The third-order valence-electron chi connectivity index (χ3n) is 3.67. The Balaban J connectivity index is 1.59. The van der Waals surface area contributed by atoms with E-state index >= 15 is 0 Å². The molecule has 0 aliphatic rings. The Morgan fingerprint density at radius 2 is 1.84 bits per heavy atom. The molecule has 3 rings (SSSR count). The van der Waals surface area contributed by atoms with E-state index < -0.39 is 0 Å². The van der Waals surface area contributed by atoms with Crippen molar-refractivity contribution in [1.29, 1.82) is 0 Å². The summed E-state index contributed by atoms with van der Waals surface area (Å²) in [4.78, 5) is 16.7. The van der Waals surface area contributed by atoms with E-state index in [-0.39, 0.29) is 5.91 Å². The van der Waals surface area contributed by atoms with Gasteiger partial charge in [0.25, 0.3) is 5.91 Å². The number of nitrogens with one attached hydrogen (secondary N) is 2. The molecule has 2 aromatic carbocycles. The quantitative estimate of drug-likeness (QED) is 0.632. The summed E-state index contributed by atoms with van der Waals surface area (Å²) >= 11 is 3.40. The lowest BCUT2D eigenvalue weighted by molar-refractivity contribution is 0.102. The van der Waals surface area contributed by atoms with Gasteiger partial charge in [-0.25, -0.2) is 4.98 Å². The Hall–Kier alpha value is -2.66. The molecule has 0 bridgehead atoms. The molecule has 0 spiro atoms. The van der Waals surface area contributed by atoms with Crippen molar-refractivity contribution in [2.24, 2.45) is 0 Å². The highest BCUT2D eigenvalue weighted by Crippen LogP contribution is 2.17. The smallest absolute Gasteiger partial charge is 0.255 e. The van der Waals surface area contributed by atoms with Crippen LogP contribution in [0, 0.1) is 0 Å². The Kier molecular flexibility index (Phi) is 5.80. The molecule has 1 heterocycles. The standard InChI is InChI=1S/C20H18BrN3O/c21-17-7-4-8-18(14-17)24-20(25)16-10-12-23-19(13-16)22-11-9-15-5-2-1-3-6-15/h1-8,10,12-14H,9,11H2,(H,22,23)(H,24,25). The molecule has 0 saturated carbocycles. The third-order valence-corrected chi connectivity index (χ3v) is 4.16. The normalized spacial score (nSPS) is 10.3. The first-order valence-electron chi connectivity index (χ1n) is 8.01. The van der Waals surface area contributed by atoms with Gasteiger partial charge >= 0.3 is 0 Å². The molecule has 0 atom stereocenters. The molecule has 0 fully saturated rings. The molecule has 1 amide bonds. The molecule has 3 aromatic rings. The Morgan fingerprint density at radius 3 is 2.64 bits per heavy atom. The van der Waals surface area contributed by atoms with E-state index in [1.54, 1.807) is 18.3 Å². The number of carbonyl (C=O) groups excluding carboxylic acids is 1. The second-order valence-corrected chi connectivity index (χ2v) is 6.47. The van der Waals surface area contributed by atoms with Gasteiger partial charge in [-0.1, -0.05) is 52.3 Å². The number of carbonyl (C=O) groups is 1. The van der Waals surface area contributed by atoms with Gasteiger partial charge in [0.1, 0.15) is 5.82 Å². The minimum Gasteiger partial charge on any atom is -0.370 e. The average molecular weight is 396 g/mol. The van der Waals surface area contributed by atoms with Crippen LogP contribution in [0.15, 0.2) is 77.4 Å². The number of hydrogen-bond donors (Lipinski definition) is 2. The first-order chi connectivity index (χ1) is 12.2. The molecule has 4 nitrogen and oxygen atoms in total. The van der Waals surface area contributed by atoms with Gasteiger partial charge in [-0.15, -0.1) is 0 Å². The first-order valence-corrected chi connectivity index (χ1v) is 8.81. The van der Waals surface area contributed by atoms with Crippen molar-refractivity contribution in [3.63, 3.8) is 0 Å². The largest absolute Gasteiger partial charge is 0.370 e. The van der Waals surface area contributed by atoms with Gasteiger partial charge < -0.3 is 10.6 Å². The Labute approximate surface area is 155 Å². The summed E-state index contributed by atoms with van der Waals surface area (Å²) in [5, 5.41) is 6.15. The van der Waals surface area contributed by atoms with E-state index in [0.717, 1.165) is 23.1 Å². The van der Waals surface area contributed by atoms with E-state index in [2.05, 4.69) is 43.7 Å². The monoisotopic (exact) mass is 395 g/mol. The fourth-order valence-electron chi connectivity index (χ4n) is 2.42. The van der Waals surface area contributed by atoms with Crippen LogP contribution in [0.2, 0.25) is 0 Å². The lowest BCUT2D eigenvalue weighted by Gasteiger charge is -2.09. The van der Waals surface area contributed by atoms with Crippen molar-refractivity contribution < 1.29 is 4.79 Å². The maximum absolute atomic E-state index is 12.4. The molecular formula is C20H18BrN3O. The predicted octanol–water partition coefficient (Wildman–Crippen LogP) is 4.75. The summed E-state index contributed by atoms with van der Waals surface area (Å²) in [5.41, 5.74) is 2.57. The van der Waals surface area contributed by atoms with Crippen LogP contribution in [-0.2, 0) is 6.42 Å². The summed E-state index contributed by atoms with van der Waals surface area (Å²) in [6.07, 6.45) is 2.54. The van der Waals surface area contributed by atoms with E-state index in [9.17, 15) is 4.79 Å². The second-order valence-electron chi connectivity index (χ2n) is 5.56. The lowest BCUT2D eigenvalue weighted by atomic mass is 10.1. The molecule has 5 heteroatoms. The summed E-state index contributed by atoms with van der Waals surface area (Å²) < 4.78 is 0.920. The van der Waals surface area contributed by atoms with Crippen molar-refractivity contribution in [1.82, 2.24) is 4.98 Å². The van der Waals surface area contributed by atoms with Gasteiger partial charge in [0.15, 0.2) is 0 Å². The van der Waals surface area contributed by atoms with Gasteiger partial charge in [0, 0.05) is 28.5 Å². The number of pyridine rings is 1. The van der Waals surface area contributed by atoms with Gasteiger partial charge in [0.05, 0.1) is 0 Å². The molecule has 1 aromatic heterocycles. The highest BCUT2D eigenvalue weighted by molar-refractivity contribution is 9.10. The van der Waals surface area contributed by atoms with Gasteiger partial charge in [0.2, 0.25) is 0 Å². The number of halogens is 1. The zero-order valence-electron chi connectivity index (χ0n) is 13.6. The van der Waals surface area contributed by atoms with Crippen LogP contribution in [-0.4, -0.2) is 17.4 Å². The summed E-state index contributed by atoms with van der Waals surface area (Å²) in [6.45, 7) is 0.758. The molecule has 25 heavy (non-hydrogen) atoms. The topological polar surface area (TPSA) is 54.0 Å². The number of amides is 1. The van der Waals surface area contributed by atoms with Crippen LogP contribution in [0.3, 0.4) is 0 Å².